The third kappa shape index (κ3) is 6.18. The van der Waals surface area contributed by atoms with Crippen LogP contribution in [0.5, 0.6) is 0 Å². The van der Waals surface area contributed by atoms with Crippen molar-refractivity contribution in [1.82, 2.24) is 0 Å². The molecule has 0 fully saturated rings. The maximum Gasteiger partial charge on any atom is 0.460 e. The second-order valence-corrected chi connectivity index (χ2v) is 8.55. The standard InChI is InChI=1S/C18H10F26/c19-7(20,9(23,24)11(27,28)13(31,32)15(35,36)17(39,40)41)5-3-1-2-4-6-8(21,22)10(25,26)12(29,30)14(33,34)16(37,38)18(42,43)44/h1-2H,3-6H2/b2-1+. The molecule has 0 aromatic rings. The molecule has 0 aliphatic carbocycles. The second-order valence-electron chi connectivity index (χ2n) is 8.55. The lowest BCUT2D eigenvalue weighted by Gasteiger charge is -2.39. The molecule has 0 atom stereocenters. The average molecular weight is 720 g/mol. The number of allylic oxidation sites excluding steroid dienone is 2. The Balaban J connectivity index is 5.82. The summed E-state index contributed by atoms with van der Waals surface area (Å²) in [5.41, 5.74) is 0. The van der Waals surface area contributed by atoms with Crippen LogP contribution in [0, 0.1) is 0 Å². The first-order valence-electron chi connectivity index (χ1n) is 10.3. The van der Waals surface area contributed by atoms with E-state index < -0.39 is 97.3 Å². The predicted octanol–water partition coefficient (Wildman–Crippen LogP) is 10.6. The Morgan fingerprint density at radius 2 is 0.432 bits per heavy atom. The minimum atomic E-state index is -8.25. The number of halogens is 26. The van der Waals surface area contributed by atoms with Crippen LogP contribution in [0.2, 0.25) is 0 Å². The SMILES string of the molecule is FC(F)(F)C(F)(F)C(F)(F)C(F)(F)C(F)(F)C(F)(F)CC/C=C/CCC(F)(F)C(F)(F)C(F)(F)C(F)(F)C(F)(F)C(F)(F)F. The molecule has 0 radical (unpaired) electrons. The molecule has 0 aliphatic rings. The van der Waals surface area contributed by atoms with Gasteiger partial charge in [-0.05, 0) is 12.8 Å². The van der Waals surface area contributed by atoms with Crippen LogP contribution >= 0.6 is 0 Å². The highest BCUT2D eigenvalue weighted by molar-refractivity contribution is 5.12. The van der Waals surface area contributed by atoms with E-state index in [9.17, 15) is 114 Å². The Labute approximate surface area is 225 Å². The molecule has 0 aromatic heterocycles. The van der Waals surface area contributed by atoms with Gasteiger partial charge in [0.15, 0.2) is 0 Å². The summed E-state index contributed by atoms with van der Waals surface area (Å²) in [6.45, 7) is 0. The van der Waals surface area contributed by atoms with Crippen molar-refractivity contribution < 1.29 is 114 Å². The van der Waals surface area contributed by atoms with Gasteiger partial charge in [-0.25, -0.2) is 0 Å². The summed E-state index contributed by atoms with van der Waals surface area (Å²) in [6, 6.07) is 0. The minimum absolute atomic E-state index is 0.261. The Hall–Kier alpha value is -2.08. The van der Waals surface area contributed by atoms with E-state index in [4.69, 9.17) is 0 Å². The van der Waals surface area contributed by atoms with Crippen molar-refractivity contribution >= 4 is 0 Å². The van der Waals surface area contributed by atoms with Crippen LogP contribution in [0.15, 0.2) is 12.2 Å². The van der Waals surface area contributed by atoms with E-state index in [2.05, 4.69) is 0 Å². The molecule has 44 heavy (non-hydrogen) atoms. The van der Waals surface area contributed by atoms with Crippen molar-refractivity contribution in [2.75, 3.05) is 0 Å². The zero-order valence-corrected chi connectivity index (χ0v) is 19.8. The van der Waals surface area contributed by atoms with Gasteiger partial charge in [0.25, 0.3) is 0 Å². The molecule has 26 heteroatoms. The van der Waals surface area contributed by atoms with Gasteiger partial charge >= 0.3 is 71.6 Å². The van der Waals surface area contributed by atoms with Gasteiger partial charge in [-0.2, -0.15) is 114 Å². The van der Waals surface area contributed by atoms with Crippen molar-refractivity contribution in [3.8, 4) is 0 Å². The van der Waals surface area contributed by atoms with Gasteiger partial charge in [0.1, 0.15) is 0 Å². The quantitative estimate of drug-likeness (QED) is 0.124. The highest BCUT2D eigenvalue weighted by Crippen LogP contribution is 2.62. The van der Waals surface area contributed by atoms with Crippen LogP contribution in [-0.2, 0) is 0 Å². The monoisotopic (exact) mass is 720 g/mol. The zero-order valence-electron chi connectivity index (χ0n) is 19.8. The van der Waals surface area contributed by atoms with Gasteiger partial charge in [-0.1, -0.05) is 12.2 Å². The summed E-state index contributed by atoms with van der Waals surface area (Å²) in [5, 5.41) is 0. The molecule has 0 amide bonds. The summed E-state index contributed by atoms with van der Waals surface area (Å²) >= 11 is 0. The fourth-order valence-corrected chi connectivity index (χ4v) is 2.68. The van der Waals surface area contributed by atoms with Crippen LogP contribution < -0.4 is 0 Å². The maximum absolute atomic E-state index is 13.6. The molecule has 0 spiro atoms. The molecule has 0 saturated carbocycles. The molecule has 0 heterocycles. The topological polar surface area (TPSA) is 0 Å². The van der Waals surface area contributed by atoms with Gasteiger partial charge in [0.2, 0.25) is 0 Å². The van der Waals surface area contributed by atoms with Crippen molar-refractivity contribution in [3.63, 3.8) is 0 Å². The van der Waals surface area contributed by atoms with E-state index in [0.717, 1.165) is 0 Å². The van der Waals surface area contributed by atoms with Gasteiger partial charge in [0.05, 0.1) is 0 Å². The lowest BCUT2D eigenvalue weighted by Crippen LogP contribution is -2.70. The molecule has 0 bridgehead atoms. The number of alkyl halides is 26. The van der Waals surface area contributed by atoms with Crippen molar-refractivity contribution in [2.24, 2.45) is 0 Å². The number of rotatable bonds is 14. The highest BCUT2D eigenvalue weighted by Gasteiger charge is 2.91. The summed E-state index contributed by atoms with van der Waals surface area (Å²) in [6.07, 6.45) is -25.8. The van der Waals surface area contributed by atoms with E-state index in [1.54, 1.807) is 0 Å². The third-order valence-electron chi connectivity index (χ3n) is 5.41. The van der Waals surface area contributed by atoms with E-state index in [1.165, 1.54) is 0 Å². The summed E-state index contributed by atoms with van der Waals surface area (Å²) in [4.78, 5) is 0. The van der Waals surface area contributed by atoms with E-state index in [1.807, 2.05) is 0 Å². The van der Waals surface area contributed by atoms with Crippen LogP contribution in [0.3, 0.4) is 0 Å². The van der Waals surface area contributed by atoms with Crippen molar-refractivity contribution in [2.45, 2.75) is 97.3 Å². The summed E-state index contributed by atoms with van der Waals surface area (Å²) in [7, 11) is 0. The first-order chi connectivity index (χ1) is 18.7. The van der Waals surface area contributed by atoms with Gasteiger partial charge in [-0.3, -0.25) is 0 Å². The Morgan fingerprint density at radius 1 is 0.250 bits per heavy atom. The minimum Gasteiger partial charge on any atom is -0.200 e. The number of hydrogen-bond donors (Lipinski definition) is 0. The smallest absolute Gasteiger partial charge is 0.200 e. The summed E-state index contributed by atoms with van der Waals surface area (Å²) in [5.74, 6) is -77.8. The first kappa shape index (κ1) is 41.9. The molecule has 0 N–H and O–H groups in total. The van der Waals surface area contributed by atoms with Crippen molar-refractivity contribution in [3.05, 3.63) is 12.2 Å². The number of hydrogen-bond acceptors (Lipinski definition) is 0. The normalized spacial score (nSPS) is 16.7. The van der Waals surface area contributed by atoms with Crippen LogP contribution in [0.4, 0.5) is 114 Å². The largest absolute Gasteiger partial charge is 0.460 e. The fourth-order valence-electron chi connectivity index (χ4n) is 2.68. The average Bonchev–Trinajstić information content (AvgIpc) is 2.78. The van der Waals surface area contributed by atoms with Gasteiger partial charge in [0, 0.05) is 12.8 Å². The first-order valence-corrected chi connectivity index (χ1v) is 10.3. The highest BCUT2D eigenvalue weighted by atomic mass is 19.4. The molecule has 264 valence electrons. The molecule has 0 nitrogen and oxygen atoms in total. The third-order valence-corrected chi connectivity index (χ3v) is 5.41. The Kier molecular flexibility index (Phi) is 10.8. The fraction of sp³-hybridized carbons (Fsp3) is 0.889. The lowest BCUT2D eigenvalue weighted by atomic mass is 9.91. The molecule has 0 unspecified atom stereocenters. The predicted molar refractivity (Wildman–Crippen MR) is 89.2 cm³/mol. The lowest BCUT2D eigenvalue weighted by molar-refractivity contribution is -0.440. The van der Waals surface area contributed by atoms with Crippen LogP contribution in [0.1, 0.15) is 25.7 Å². The zero-order chi connectivity index (χ0) is 36.2. The van der Waals surface area contributed by atoms with Gasteiger partial charge in [-0.15, -0.1) is 0 Å². The van der Waals surface area contributed by atoms with Crippen LogP contribution in [-0.4, -0.2) is 71.6 Å². The molecule has 0 aromatic carbocycles. The van der Waals surface area contributed by atoms with E-state index >= 15 is 0 Å². The second kappa shape index (κ2) is 11.3. The van der Waals surface area contributed by atoms with E-state index in [0.29, 0.717) is 0 Å². The van der Waals surface area contributed by atoms with Crippen molar-refractivity contribution in [1.29, 1.82) is 0 Å². The van der Waals surface area contributed by atoms with Crippen LogP contribution in [0.25, 0.3) is 0 Å². The Morgan fingerprint density at radius 3 is 0.614 bits per heavy atom. The van der Waals surface area contributed by atoms with Gasteiger partial charge < -0.3 is 0 Å². The Bertz CT molecular complexity index is 927. The van der Waals surface area contributed by atoms with E-state index in [-0.39, 0.29) is 12.2 Å². The molecule has 0 rings (SSSR count). The molecule has 0 saturated heterocycles. The molecular weight excluding hydrogens is 710 g/mol. The molecule has 0 aliphatic heterocycles. The maximum atomic E-state index is 13.6. The molecular formula is C18H10F26. The summed E-state index contributed by atoms with van der Waals surface area (Å²) < 4.78 is 337.